The van der Waals surface area contributed by atoms with Crippen LogP contribution in [0.1, 0.15) is 22.4 Å². The number of benzene rings is 1. The molecule has 0 amide bonds. The van der Waals surface area contributed by atoms with E-state index in [4.69, 9.17) is 4.74 Å². The van der Waals surface area contributed by atoms with Gasteiger partial charge in [-0.2, -0.15) is 18.3 Å². The molecule has 10 heteroatoms. The Labute approximate surface area is 136 Å². The maximum atomic E-state index is 12.9. The van der Waals surface area contributed by atoms with Crippen molar-refractivity contribution >= 4 is 10.0 Å². The number of hydrogen-bond acceptors (Lipinski definition) is 4. The van der Waals surface area contributed by atoms with E-state index in [1.165, 1.54) is 7.05 Å². The molecule has 0 unspecified atom stereocenters. The molecule has 0 fully saturated rings. The molecule has 0 radical (unpaired) electrons. The molecule has 0 bridgehead atoms. The molecule has 3 rings (SSSR count). The van der Waals surface area contributed by atoms with Crippen molar-refractivity contribution in [2.75, 3.05) is 0 Å². The average molecular weight is 361 g/mol. The number of ether oxygens (including phenoxy) is 1. The van der Waals surface area contributed by atoms with Crippen molar-refractivity contribution in [1.29, 1.82) is 0 Å². The monoisotopic (exact) mass is 361 g/mol. The Kier molecular flexibility index (Phi) is 4.14. The molecule has 1 N–H and O–H groups in total. The average Bonchev–Trinajstić information content (AvgIpc) is 3.10. The van der Waals surface area contributed by atoms with Gasteiger partial charge in [-0.25, -0.2) is 13.1 Å². The van der Waals surface area contributed by atoms with Crippen LogP contribution < -0.4 is 4.72 Å². The number of sulfonamides is 1. The van der Waals surface area contributed by atoms with Gasteiger partial charge in [0.25, 0.3) is 0 Å². The first-order valence-electron chi connectivity index (χ1n) is 6.96. The summed E-state index contributed by atoms with van der Waals surface area (Å²) in [7, 11) is -3.12. The summed E-state index contributed by atoms with van der Waals surface area (Å²) in [4.78, 5) is -0.887. The molecule has 2 aromatic rings. The number of rotatable bonds is 4. The maximum Gasteiger partial charge on any atom is 0.436 e. The fraction of sp³-hybridized carbons (Fsp3) is 0.357. The van der Waals surface area contributed by atoms with E-state index in [0.717, 1.165) is 22.0 Å². The minimum absolute atomic E-state index is 0.123. The van der Waals surface area contributed by atoms with Crippen molar-refractivity contribution in [1.82, 2.24) is 14.5 Å². The smallest absolute Gasteiger partial charge is 0.372 e. The predicted octanol–water partition coefficient (Wildman–Crippen LogP) is 1.95. The lowest BCUT2D eigenvalue weighted by atomic mass is 10.1. The Morgan fingerprint density at radius 2 is 2.00 bits per heavy atom. The van der Waals surface area contributed by atoms with Gasteiger partial charge in [0.1, 0.15) is 4.90 Å². The van der Waals surface area contributed by atoms with Crippen molar-refractivity contribution < 1.29 is 26.3 Å². The van der Waals surface area contributed by atoms with Gasteiger partial charge in [-0.3, -0.25) is 4.68 Å². The zero-order valence-corrected chi connectivity index (χ0v) is 13.4. The van der Waals surface area contributed by atoms with Gasteiger partial charge < -0.3 is 4.74 Å². The van der Waals surface area contributed by atoms with Gasteiger partial charge in [-0.1, -0.05) is 18.2 Å². The summed E-state index contributed by atoms with van der Waals surface area (Å²) in [6, 6.07) is 5.31. The van der Waals surface area contributed by atoms with E-state index in [-0.39, 0.29) is 6.54 Å². The summed E-state index contributed by atoms with van der Waals surface area (Å²) in [5.74, 6) is 0. The van der Waals surface area contributed by atoms with E-state index in [2.05, 4.69) is 9.82 Å². The summed E-state index contributed by atoms with van der Waals surface area (Å²) in [5, 5.41) is 3.21. The van der Waals surface area contributed by atoms with Gasteiger partial charge in [-0.15, -0.1) is 0 Å². The topological polar surface area (TPSA) is 73.2 Å². The molecule has 130 valence electrons. The Hall–Kier alpha value is -1.91. The summed E-state index contributed by atoms with van der Waals surface area (Å²) >= 11 is 0. The molecule has 0 spiro atoms. The van der Waals surface area contributed by atoms with Crippen LogP contribution in [0.3, 0.4) is 0 Å². The molecule has 0 aliphatic carbocycles. The zero-order valence-electron chi connectivity index (χ0n) is 12.6. The molecule has 24 heavy (non-hydrogen) atoms. The second-order valence-corrected chi connectivity index (χ2v) is 7.17. The molecule has 6 nitrogen and oxygen atoms in total. The zero-order chi connectivity index (χ0) is 17.5. The third-order valence-electron chi connectivity index (χ3n) is 3.61. The summed E-state index contributed by atoms with van der Waals surface area (Å²) in [5.41, 5.74) is 1.18. The van der Waals surface area contributed by atoms with Crippen molar-refractivity contribution in [2.45, 2.75) is 30.8 Å². The van der Waals surface area contributed by atoms with Crippen LogP contribution in [0.2, 0.25) is 0 Å². The first-order chi connectivity index (χ1) is 11.2. The van der Waals surface area contributed by atoms with Crippen LogP contribution in [0.25, 0.3) is 0 Å². The Bertz CT molecular complexity index is 875. The van der Waals surface area contributed by atoms with E-state index >= 15 is 0 Å². The number of nitrogens with zero attached hydrogens (tertiary/aromatic N) is 2. The number of halogens is 3. The van der Waals surface area contributed by atoms with Gasteiger partial charge in [0.2, 0.25) is 10.0 Å². The number of hydrogen-bond donors (Lipinski definition) is 1. The van der Waals surface area contributed by atoms with Crippen LogP contribution in [-0.4, -0.2) is 18.2 Å². The van der Waals surface area contributed by atoms with Gasteiger partial charge in [0.05, 0.1) is 13.2 Å². The minimum atomic E-state index is -4.85. The highest BCUT2D eigenvalue weighted by molar-refractivity contribution is 7.89. The Morgan fingerprint density at radius 3 is 2.71 bits per heavy atom. The lowest BCUT2D eigenvalue weighted by Crippen LogP contribution is -2.25. The molecule has 0 atom stereocenters. The second-order valence-electron chi connectivity index (χ2n) is 5.43. The fourth-order valence-corrected chi connectivity index (χ4v) is 3.67. The largest absolute Gasteiger partial charge is 0.436 e. The van der Waals surface area contributed by atoms with Crippen molar-refractivity contribution in [3.63, 3.8) is 0 Å². The van der Waals surface area contributed by atoms with Crippen LogP contribution in [0.4, 0.5) is 13.2 Å². The molecular weight excluding hydrogens is 347 g/mol. The van der Waals surface area contributed by atoms with Gasteiger partial charge >= 0.3 is 6.18 Å². The summed E-state index contributed by atoms with van der Waals surface area (Å²) in [6.07, 6.45) is -4.02. The first kappa shape index (κ1) is 16.9. The lowest BCUT2D eigenvalue weighted by molar-refractivity contribution is -0.143. The highest BCUT2D eigenvalue weighted by Crippen LogP contribution is 2.32. The molecule has 1 aromatic heterocycles. The van der Waals surface area contributed by atoms with Crippen LogP contribution in [-0.2, 0) is 47.7 Å². The fourth-order valence-electron chi connectivity index (χ4n) is 2.45. The van der Waals surface area contributed by atoms with E-state index in [1.807, 2.05) is 6.07 Å². The van der Waals surface area contributed by atoms with Crippen molar-refractivity contribution in [3.05, 3.63) is 46.8 Å². The Balaban J connectivity index is 1.82. The summed E-state index contributed by atoms with van der Waals surface area (Å²) < 4.78 is 71.5. The molecule has 0 saturated heterocycles. The molecule has 2 heterocycles. The van der Waals surface area contributed by atoms with Crippen molar-refractivity contribution in [2.24, 2.45) is 7.05 Å². The molecule has 1 aliphatic heterocycles. The first-order valence-corrected chi connectivity index (χ1v) is 8.44. The number of nitrogens with one attached hydrogen (secondary N) is 1. The minimum Gasteiger partial charge on any atom is -0.372 e. The van der Waals surface area contributed by atoms with Gasteiger partial charge in [0.15, 0.2) is 5.69 Å². The second kappa shape index (κ2) is 5.87. The van der Waals surface area contributed by atoms with Crippen LogP contribution in [0.5, 0.6) is 0 Å². The van der Waals surface area contributed by atoms with Gasteiger partial charge in [-0.05, 0) is 16.7 Å². The van der Waals surface area contributed by atoms with Crippen LogP contribution in [0, 0.1) is 0 Å². The number of alkyl halides is 3. The van der Waals surface area contributed by atoms with E-state index in [1.54, 1.807) is 12.1 Å². The van der Waals surface area contributed by atoms with Gasteiger partial charge in [0, 0.05) is 19.8 Å². The highest BCUT2D eigenvalue weighted by atomic mass is 32.2. The highest BCUT2D eigenvalue weighted by Gasteiger charge is 2.40. The standard InChI is InChI=1S/C14H14F3N3O3S/c1-20-6-12(13(19-20)14(15,16)17)24(21,22)18-5-9-2-3-10-7-23-8-11(10)4-9/h2-4,6,18H,5,7-8H2,1H3. The van der Waals surface area contributed by atoms with E-state index in [9.17, 15) is 21.6 Å². The van der Waals surface area contributed by atoms with Crippen LogP contribution in [0.15, 0.2) is 29.3 Å². The van der Waals surface area contributed by atoms with E-state index < -0.39 is 26.8 Å². The maximum absolute atomic E-state index is 12.9. The van der Waals surface area contributed by atoms with E-state index in [0.29, 0.717) is 18.8 Å². The third kappa shape index (κ3) is 3.30. The molecule has 1 aliphatic rings. The summed E-state index contributed by atoms with van der Waals surface area (Å²) in [6.45, 7) is 0.824. The van der Waals surface area contributed by atoms with Crippen molar-refractivity contribution in [3.8, 4) is 0 Å². The normalized spacial score (nSPS) is 14.8. The number of fused-ring (bicyclic) bond motifs is 1. The SMILES string of the molecule is Cn1cc(S(=O)(=O)NCc2ccc3c(c2)COC3)c(C(F)(F)F)n1. The number of aromatic nitrogens is 2. The number of aryl methyl sites for hydroxylation is 1. The third-order valence-corrected chi connectivity index (χ3v) is 5.01. The molecule has 1 aromatic carbocycles. The van der Waals surface area contributed by atoms with Crippen LogP contribution >= 0.6 is 0 Å². The quantitative estimate of drug-likeness (QED) is 0.903. The predicted molar refractivity (Wildman–Crippen MR) is 77.2 cm³/mol. The lowest BCUT2D eigenvalue weighted by Gasteiger charge is -2.09. The molecular formula is C14H14F3N3O3S. The molecule has 0 saturated carbocycles. The Morgan fingerprint density at radius 1 is 1.29 bits per heavy atom.